The lowest BCUT2D eigenvalue weighted by Gasteiger charge is -2.26. The molecule has 1 aromatic heterocycles. The molecular weight excluding hydrogens is 254 g/mol. The fourth-order valence-electron chi connectivity index (χ4n) is 2.22. The highest BCUT2D eigenvalue weighted by Gasteiger charge is 2.16. The topological polar surface area (TPSA) is 42.2 Å². The lowest BCUT2D eigenvalue weighted by molar-refractivity contribution is 0.227. The van der Waals surface area contributed by atoms with Gasteiger partial charge in [-0.2, -0.15) is 0 Å². The van der Waals surface area contributed by atoms with E-state index in [1.54, 1.807) is 11.3 Å². The number of hydrogen-bond donors (Lipinski definition) is 1. The second-order valence-corrected chi connectivity index (χ2v) is 5.73. The number of likely N-dealkylation sites (N-methyl/N-ethyl adjacent to an activating group) is 1. The third-order valence-electron chi connectivity index (χ3n) is 3.44. The summed E-state index contributed by atoms with van der Waals surface area (Å²) in [6.45, 7) is 6.51. The Morgan fingerprint density at radius 3 is 2.63 bits per heavy atom. The Balaban J connectivity index is 1.96. The molecule has 0 bridgehead atoms. The van der Waals surface area contributed by atoms with Crippen molar-refractivity contribution in [3.05, 3.63) is 47.0 Å². The molecule has 0 saturated heterocycles. The standard InChI is InChI=1S/C15H21N3S/c1-3-18(10-9-13-7-5-4-6-8-13)12(2)14-11-17-15(16)19-14/h4-8,11-12H,3,9-10H2,1-2H3,(H2,16,17). The Morgan fingerprint density at radius 1 is 1.32 bits per heavy atom. The average Bonchev–Trinajstić information content (AvgIpc) is 2.87. The highest BCUT2D eigenvalue weighted by molar-refractivity contribution is 7.15. The number of nitrogens with two attached hydrogens (primary N) is 1. The van der Waals surface area contributed by atoms with Gasteiger partial charge in [0, 0.05) is 23.7 Å². The fourth-order valence-corrected chi connectivity index (χ4v) is 2.99. The zero-order valence-electron chi connectivity index (χ0n) is 11.5. The molecule has 1 atom stereocenters. The van der Waals surface area contributed by atoms with Gasteiger partial charge in [0.15, 0.2) is 5.13 Å². The molecule has 3 nitrogen and oxygen atoms in total. The van der Waals surface area contributed by atoms with E-state index in [4.69, 9.17) is 5.73 Å². The molecule has 1 aromatic carbocycles. The van der Waals surface area contributed by atoms with E-state index in [-0.39, 0.29) is 0 Å². The lowest BCUT2D eigenvalue weighted by Crippen LogP contribution is -2.28. The molecular formula is C15H21N3S. The van der Waals surface area contributed by atoms with Crippen molar-refractivity contribution in [2.24, 2.45) is 0 Å². The zero-order valence-corrected chi connectivity index (χ0v) is 12.4. The molecule has 2 rings (SSSR count). The molecule has 0 saturated carbocycles. The minimum absolute atomic E-state index is 0.378. The SMILES string of the molecule is CCN(CCc1ccccc1)C(C)c1cnc(N)s1. The van der Waals surface area contributed by atoms with Gasteiger partial charge in [0.1, 0.15) is 0 Å². The summed E-state index contributed by atoms with van der Waals surface area (Å²) in [5, 5.41) is 0.654. The van der Waals surface area contributed by atoms with E-state index in [9.17, 15) is 0 Å². The molecule has 102 valence electrons. The molecule has 19 heavy (non-hydrogen) atoms. The summed E-state index contributed by atoms with van der Waals surface area (Å²) >= 11 is 1.59. The minimum Gasteiger partial charge on any atom is -0.375 e. The first-order chi connectivity index (χ1) is 9.20. The molecule has 2 aromatic rings. The predicted molar refractivity (Wildman–Crippen MR) is 82.3 cm³/mol. The van der Waals surface area contributed by atoms with Crippen LogP contribution in [0.5, 0.6) is 0 Å². The van der Waals surface area contributed by atoms with Crippen LogP contribution in [0.4, 0.5) is 5.13 Å². The van der Waals surface area contributed by atoms with Gasteiger partial charge in [0.25, 0.3) is 0 Å². The predicted octanol–water partition coefficient (Wildman–Crippen LogP) is 3.35. The molecule has 4 heteroatoms. The number of rotatable bonds is 6. The molecule has 0 aliphatic carbocycles. The number of thiazole rings is 1. The van der Waals surface area contributed by atoms with Crippen LogP contribution in [0.1, 0.15) is 30.3 Å². The third-order valence-corrected chi connectivity index (χ3v) is 4.43. The maximum atomic E-state index is 5.71. The monoisotopic (exact) mass is 275 g/mol. The van der Waals surface area contributed by atoms with Crippen molar-refractivity contribution in [3.63, 3.8) is 0 Å². The first-order valence-electron chi connectivity index (χ1n) is 6.70. The smallest absolute Gasteiger partial charge is 0.180 e. The largest absolute Gasteiger partial charge is 0.375 e. The summed E-state index contributed by atoms with van der Waals surface area (Å²) in [7, 11) is 0. The summed E-state index contributed by atoms with van der Waals surface area (Å²) in [4.78, 5) is 7.84. The van der Waals surface area contributed by atoms with Crippen LogP contribution in [0.15, 0.2) is 36.5 Å². The molecule has 0 fully saturated rings. The average molecular weight is 275 g/mol. The molecule has 0 aliphatic rings. The van der Waals surface area contributed by atoms with Crippen molar-refractivity contribution in [3.8, 4) is 0 Å². The Morgan fingerprint density at radius 2 is 2.05 bits per heavy atom. The van der Waals surface area contributed by atoms with Gasteiger partial charge in [-0.15, -0.1) is 11.3 Å². The van der Waals surface area contributed by atoms with Crippen LogP contribution >= 0.6 is 11.3 Å². The molecule has 1 heterocycles. The number of nitrogen functional groups attached to an aromatic ring is 1. The van der Waals surface area contributed by atoms with Gasteiger partial charge in [-0.05, 0) is 25.5 Å². The minimum atomic E-state index is 0.378. The molecule has 2 N–H and O–H groups in total. The maximum absolute atomic E-state index is 5.71. The van der Waals surface area contributed by atoms with Gasteiger partial charge in [-0.25, -0.2) is 4.98 Å². The second kappa shape index (κ2) is 6.68. The first kappa shape index (κ1) is 14.0. The van der Waals surface area contributed by atoms with Crippen LogP contribution in [0.2, 0.25) is 0 Å². The van der Waals surface area contributed by atoms with E-state index in [0.29, 0.717) is 11.2 Å². The van der Waals surface area contributed by atoms with E-state index in [2.05, 4.69) is 54.1 Å². The Kier molecular flexibility index (Phi) is 4.93. The van der Waals surface area contributed by atoms with E-state index in [0.717, 1.165) is 19.5 Å². The van der Waals surface area contributed by atoms with E-state index >= 15 is 0 Å². The van der Waals surface area contributed by atoms with Crippen LogP contribution in [0.3, 0.4) is 0 Å². The number of aromatic nitrogens is 1. The van der Waals surface area contributed by atoms with Gasteiger partial charge in [0.05, 0.1) is 0 Å². The second-order valence-electron chi connectivity index (χ2n) is 4.64. The lowest BCUT2D eigenvalue weighted by atomic mass is 10.1. The normalized spacial score (nSPS) is 12.8. The molecule has 1 unspecified atom stereocenters. The van der Waals surface area contributed by atoms with Crippen molar-refractivity contribution in [2.75, 3.05) is 18.8 Å². The third kappa shape index (κ3) is 3.78. The van der Waals surface area contributed by atoms with Gasteiger partial charge >= 0.3 is 0 Å². The molecule has 0 aliphatic heterocycles. The van der Waals surface area contributed by atoms with Crippen LogP contribution in [-0.4, -0.2) is 23.0 Å². The van der Waals surface area contributed by atoms with Gasteiger partial charge < -0.3 is 5.73 Å². The maximum Gasteiger partial charge on any atom is 0.180 e. The number of anilines is 1. The van der Waals surface area contributed by atoms with Crippen molar-refractivity contribution in [1.82, 2.24) is 9.88 Å². The molecule has 0 spiro atoms. The Hall–Kier alpha value is -1.39. The van der Waals surface area contributed by atoms with Crippen LogP contribution < -0.4 is 5.73 Å². The molecule has 0 radical (unpaired) electrons. The summed E-state index contributed by atoms with van der Waals surface area (Å²) in [6.07, 6.45) is 2.98. The van der Waals surface area contributed by atoms with Gasteiger partial charge in [0.2, 0.25) is 0 Å². The summed E-state index contributed by atoms with van der Waals surface area (Å²) in [5.41, 5.74) is 7.10. The van der Waals surface area contributed by atoms with E-state index < -0.39 is 0 Å². The van der Waals surface area contributed by atoms with Crippen LogP contribution in [0, 0.1) is 0 Å². The summed E-state index contributed by atoms with van der Waals surface area (Å²) in [6, 6.07) is 11.0. The van der Waals surface area contributed by atoms with Gasteiger partial charge in [-0.1, -0.05) is 37.3 Å². The van der Waals surface area contributed by atoms with Gasteiger partial charge in [-0.3, -0.25) is 4.90 Å². The highest BCUT2D eigenvalue weighted by atomic mass is 32.1. The number of nitrogens with zero attached hydrogens (tertiary/aromatic N) is 2. The van der Waals surface area contributed by atoms with Crippen molar-refractivity contribution in [1.29, 1.82) is 0 Å². The van der Waals surface area contributed by atoms with Crippen LogP contribution in [0.25, 0.3) is 0 Å². The van der Waals surface area contributed by atoms with Crippen molar-refractivity contribution in [2.45, 2.75) is 26.3 Å². The Labute approximate surface area is 119 Å². The Bertz CT molecular complexity index is 495. The summed E-state index contributed by atoms with van der Waals surface area (Å²) in [5.74, 6) is 0. The number of benzene rings is 1. The molecule has 0 amide bonds. The van der Waals surface area contributed by atoms with Crippen LogP contribution in [-0.2, 0) is 6.42 Å². The van der Waals surface area contributed by atoms with E-state index in [1.165, 1.54) is 10.4 Å². The highest BCUT2D eigenvalue weighted by Crippen LogP contribution is 2.26. The first-order valence-corrected chi connectivity index (χ1v) is 7.51. The quantitative estimate of drug-likeness (QED) is 0.879. The van der Waals surface area contributed by atoms with E-state index in [1.807, 2.05) is 6.20 Å². The van der Waals surface area contributed by atoms with Crippen molar-refractivity contribution >= 4 is 16.5 Å². The zero-order chi connectivity index (χ0) is 13.7. The number of hydrogen-bond acceptors (Lipinski definition) is 4. The van der Waals surface area contributed by atoms with Crippen molar-refractivity contribution < 1.29 is 0 Å². The summed E-state index contributed by atoms with van der Waals surface area (Å²) < 4.78 is 0. The fraction of sp³-hybridized carbons (Fsp3) is 0.400.